The van der Waals surface area contributed by atoms with Gasteiger partial charge in [-0.05, 0) is 43.0 Å². The Hall–Kier alpha value is -2.42. The summed E-state index contributed by atoms with van der Waals surface area (Å²) < 4.78 is 32.2. The largest absolute Gasteiger partial charge is 0.383 e. The van der Waals surface area contributed by atoms with E-state index >= 15 is 0 Å². The van der Waals surface area contributed by atoms with Gasteiger partial charge < -0.3 is 15.4 Å². The molecule has 0 bridgehead atoms. The number of hydrogen-bond donors (Lipinski definition) is 3. The molecule has 31 heavy (non-hydrogen) atoms. The second-order valence-corrected chi connectivity index (χ2v) is 9.20. The molecular weight excluding hydrogens is 412 g/mol. The van der Waals surface area contributed by atoms with Crippen molar-refractivity contribution in [2.24, 2.45) is 4.99 Å². The number of hydrogen-bond acceptors (Lipinski definition) is 4. The fraction of sp³-hybridized carbons (Fsp3) is 0.435. The summed E-state index contributed by atoms with van der Waals surface area (Å²) in [6.07, 6.45) is 0. The quantitative estimate of drug-likeness (QED) is 0.280. The summed E-state index contributed by atoms with van der Waals surface area (Å²) in [7, 11) is -2.04. The van der Waals surface area contributed by atoms with Crippen LogP contribution in [-0.2, 0) is 21.3 Å². The molecule has 0 radical (unpaired) electrons. The van der Waals surface area contributed by atoms with Crippen LogP contribution >= 0.6 is 0 Å². The Morgan fingerprint density at radius 1 is 1.13 bits per heavy atom. The minimum atomic E-state index is -3.57. The van der Waals surface area contributed by atoms with Gasteiger partial charge in [-0.25, -0.2) is 18.1 Å². The van der Waals surface area contributed by atoms with Crippen molar-refractivity contribution in [2.75, 3.05) is 33.4 Å². The number of sulfonamides is 1. The fourth-order valence-electron chi connectivity index (χ4n) is 3.03. The molecule has 0 amide bonds. The zero-order valence-electron chi connectivity index (χ0n) is 18.8. The first-order valence-electron chi connectivity index (χ1n) is 10.5. The third kappa shape index (κ3) is 8.32. The van der Waals surface area contributed by atoms with Gasteiger partial charge in [-0.1, -0.05) is 48.9 Å². The van der Waals surface area contributed by atoms with E-state index in [2.05, 4.69) is 58.5 Å². The Labute approximate surface area is 186 Å². The van der Waals surface area contributed by atoms with Crippen molar-refractivity contribution in [1.29, 1.82) is 0 Å². The van der Waals surface area contributed by atoms with Gasteiger partial charge in [0.15, 0.2) is 5.96 Å². The molecule has 0 aliphatic carbocycles. The van der Waals surface area contributed by atoms with Gasteiger partial charge in [0.05, 0.1) is 18.0 Å². The second kappa shape index (κ2) is 12.4. The highest BCUT2D eigenvalue weighted by atomic mass is 32.2. The minimum absolute atomic E-state index is 0.224. The predicted molar refractivity (Wildman–Crippen MR) is 126 cm³/mol. The zero-order chi connectivity index (χ0) is 22.7. The van der Waals surface area contributed by atoms with Crippen LogP contribution in [0.15, 0.2) is 58.4 Å². The number of aliphatic imine (C=N–C) groups is 1. The van der Waals surface area contributed by atoms with Gasteiger partial charge in [-0.3, -0.25) is 0 Å². The summed E-state index contributed by atoms with van der Waals surface area (Å²) in [4.78, 5) is 4.85. The van der Waals surface area contributed by atoms with Gasteiger partial charge in [0.1, 0.15) is 0 Å². The third-order valence-corrected chi connectivity index (χ3v) is 6.22. The fourth-order valence-corrected chi connectivity index (χ4v) is 4.11. The Morgan fingerprint density at radius 2 is 1.90 bits per heavy atom. The molecule has 0 saturated carbocycles. The van der Waals surface area contributed by atoms with E-state index in [1.807, 2.05) is 13.0 Å². The maximum atomic E-state index is 12.4. The number of benzene rings is 2. The van der Waals surface area contributed by atoms with E-state index in [0.29, 0.717) is 25.0 Å². The third-order valence-electron chi connectivity index (χ3n) is 4.76. The standard InChI is InChI=1S/C23H34N4O3S/c1-5-24-23(25-16-19(3)21-10-6-8-18(2)14-21)26-17-20-9-7-11-22(15-20)31(28,29)27-12-13-30-4/h6-11,14-15,19,27H,5,12-13,16-17H2,1-4H3,(H2,24,25,26). The first-order valence-corrected chi connectivity index (χ1v) is 12.0. The molecule has 2 rings (SSSR count). The van der Waals surface area contributed by atoms with Crippen LogP contribution in [0.4, 0.5) is 0 Å². The molecule has 8 heteroatoms. The van der Waals surface area contributed by atoms with Gasteiger partial charge >= 0.3 is 0 Å². The molecule has 2 aromatic carbocycles. The maximum absolute atomic E-state index is 12.4. The number of aryl methyl sites for hydroxylation is 1. The van der Waals surface area contributed by atoms with Crippen molar-refractivity contribution in [1.82, 2.24) is 15.4 Å². The predicted octanol–water partition coefficient (Wildman–Crippen LogP) is 2.78. The molecule has 0 aromatic heterocycles. The maximum Gasteiger partial charge on any atom is 0.240 e. The summed E-state index contributed by atoms with van der Waals surface area (Å²) in [5.41, 5.74) is 3.34. The molecule has 1 unspecified atom stereocenters. The summed E-state index contributed by atoms with van der Waals surface area (Å²) >= 11 is 0. The van der Waals surface area contributed by atoms with Crippen molar-refractivity contribution in [2.45, 2.75) is 38.1 Å². The lowest BCUT2D eigenvalue weighted by Crippen LogP contribution is -2.39. The highest BCUT2D eigenvalue weighted by Crippen LogP contribution is 2.15. The van der Waals surface area contributed by atoms with Crippen LogP contribution in [0, 0.1) is 6.92 Å². The Balaban J connectivity index is 2.03. The van der Waals surface area contributed by atoms with E-state index in [1.54, 1.807) is 18.2 Å². The number of guanidine groups is 1. The molecule has 7 nitrogen and oxygen atoms in total. The molecule has 1 atom stereocenters. The first-order chi connectivity index (χ1) is 14.9. The molecule has 2 aromatic rings. The van der Waals surface area contributed by atoms with Crippen molar-refractivity contribution < 1.29 is 13.2 Å². The van der Waals surface area contributed by atoms with Crippen molar-refractivity contribution in [3.63, 3.8) is 0 Å². The average molecular weight is 447 g/mol. The highest BCUT2D eigenvalue weighted by Gasteiger charge is 2.13. The lowest BCUT2D eigenvalue weighted by Gasteiger charge is -2.17. The van der Waals surface area contributed by atoms with Crippen LogP contribution in [0.5, 0.6) is 0 Å². The van der Waals surface area contributed by atoms with Crippen LogP contribution in [-0.4, -0.2) is 47.7 Å². The molecule has 0 spiro atoms. The summed E-state index contributed by atoms with van der Waals surface area (Å²) in [6, 6.07) is 15.3. The van der Waals surface area contributed by atoms with Crippen LogP contribution in [0.3, 0.4) is 0 Å². The van der Waals surface area contributed by atoms with Gasteiger partial charge in [0.2, 0.25) is 10.0 Å². The number of rotatable bonds is 11. The number of nitrogens with zero attached hydrogens (tertiary/aromatic N) is 1. The molecule has 0 fully saturated rings. The minimum Gasteiger partial charge on any atom is -0.383 e. The van der Waals surface area contributed by atoms with E-state index in [1.165, 1.54) is 18.2 Å². The monoisotopic (exact) mass is 446 g/mol. The molecule has 0 saturated heterocycles. The van der Waals surface area contributed by atoms with Crippen LogP contribution < -0.4 is 15.4 Å². The van der Waals surface area contributed by atoms with E-state index < -0.39 is 10.0 Å². The Morgan fingerprint density at radius 3 is 2.61 bits per heavy atom. The molecule has 3 N–H and O–H groups in total. The second-order valence-electron chi connectivity index (χ2n) is 7.43. The molecule has 0 aliphatic heterocycles. The Kier molecular flexibility index (Phi) is 9.97. The summed E-state index contributed by atoms with van der Waals surface area (Å²) in [5.74, 6) is 1.03. The van der Waals surface area contributed by atoms with Crippen LogP contribution in [0.25, 0.3) is 0 Å². The average Bonchev–Trinajstić information content (AvgIpc) is 2.75. The lowest BCUT2D eigenvalue weighted by atomic mass is 9.99. The van der Waals surface area contributed by atoms with Crippen molar-refractivity contribution >= 4 is 16.0 Å². The number of methoxy groups -OCH3 is 1. The van der Waals surface area contributed by atoms with E-state index in [9.17, 15) is 8.42 Å². The van der Waals surface area contributed by atoms with E-state index in [-0.39, 0.29) is 11.4 Å². The van der Waals surface area contributed by atoms with Gasteiger partial charge in [0.25, 0.3) is 0 Å². The van der Waals surface area contributed by atoms with Gasteiger partial charge in [0, 0.05) is 26.7 Å². The van der Waals surface area contributed by atoms with Gasteiger partial charge in [-0.15, -0.1) is 0 Å². The van der Waals surface area contributed by atoms with Crippen LogP contribution in [0.1, 0.15) is 36.5 Å². The number of nitrogens with one attached hydrogen (secondary N) is 3. The molecule has 170 valence electrons. The van der Waals surface area contributed by atoms with Crippen LogP contribution in [0.2, 0.25) is 0 Å². The Bertz CT molecular complexity index is 961. The summed E-state index contributed by atoms with van der Waals surface area (Å²) in [6.45, 7) is 8.69. The van der Waals surface area contributed by atoms with Gasteiger partial charge in [-0.2, -0.15) is 0 Å². The molecule has 0 heterocycles. The van der Waals surface area contributed by atoms with E-state index in [0.717, 1.165) is 18.7 Å². The molecular formula is C23H34N4O3S. The van der Waals surface area contributed by atoms with Crippen molar-refractivity contribution in [3.8, 4) is 0 Å². The normalized spacial score (nSPS) is 13.1. The SMILES string of the molecule is CCNC(=NCc1cccc(S(=O)(=O)NCCOC)c1)NCC(C)c1cccc(C)c1. The van der Waals surface area contributed by atoms with Crippen molar-refractivity contribution in [3.05, 3.63) is 65.2 Å². The summed E-state index contributed by atoms with van der Waals surface area (Å²) in [5, 5.41) is 6.63. The smallest absolute Gasteiger partial charge is 0.240 e. The first kappa shape index (κ1) is 24.8. The lowest BCUT2D eigenvalue weighted by molar-refractivity contribution is 0.204. The topological polar surface area (TPSA) is 91.8 Å². The highest BCUT2D eigenvalue weighted by molar-refractivity contribution is 7.89. The molecule has 0 aliphatic rings. The van der Waals surface area contributed by atoms with E-state index in [4.69, 9.17) is 4.74 Å². The number of ether oxygens (including phenoxy) is 1. The zero-order valence-corrected chi connectivity index (χ0v) is 19.6.